The largest absolute Gasteiger partial charge is 0.292 e. The predicted molar refractivity (Wildman–Crippen MR) is 107 cm³/mol. The molecule has 0 radical (unpaired) electrons. The summed E-state index contributed by atoms with van der Waals surface area (Å²) >= 11 is 1.64. The standard InChI is InChI=1S/C20H19N5OS/c1-13-22-17-6-5-15(10-19(17)27-13)25-20(26)16-7-9-24(12-18(16)23-25)11-14-4-2-3-8-21-14/h2-6,8,10,16H,7,9,11-12H2,1H3. The number of pyridine rings is 1. The van der Waals surface area contributed by atoms with Crippen LogP contribution in [0.5, 0.6) is 0 Å². The van der Waals surface area contributed by atoms with Gasteiger partial charge in [-0.1, -0.05) is 6.07 Å². The minimum Gasteiger partial charge on any atom is -0.292 e. The third-order valence-corrected chi connectivity index (χ3v) is 6.03. The van der Waals surface area contributed by atoms with Crippen LogP contribution in [0.1, 0.15) is 17.1 Å². The number of hydrogen-bond donors (Lipinski definition) is 0. The van der Waals surface area contributed by atoms with Crippen LogP contribution in [0.4, 0.5) is 5.69 Å². The number of aryl methyl sites for hydroxylation is 1. The number of hydrazone groups is 1. The number of amides is 1. The van der Waals surface area contributed by atoms with Crippen molar-refractivity contribution in [2.75, 3.05) is 18.1 Å². The summed E-state index contributed by atoms with van der Waals surface area (Å²) in [6, 6.07) is 11.9. The number of thiazole rings is 1. The number of carbonyl (C=O) groups excluding carboxylic acids is 1. The van der Waals surface area contributed by atoms with Crippen molar-refractivity contribution in [3.63, 3.8) is 0 Å². The van der Waals surface area contributed by atoms with Gasteiger partial charge in [-0.15, -0.1) is 11.3 Å². The highest BCUT2D eigenvalue weighted by Crippen LogP contribution is 2.32. The van der Waals surface area contributed by atoms with Crippen molar-refractivity contribution >= 4 is 38.9 Å². The number of fused-ring (bicyclic) bond motifs is 2. The van der Waals surface area contributed by atoms with Gasteiger partial charge in [-0.05, 0) is 43.7 Å². The van der Waals surface area contributed by atoms with Crippen molar-refractivity contribution in [2.45, 2.75) is 19.9 Å². The molecule has 27 heavy (non-hydrogen) atoms. The summed E-state index contributed by atoms with van der Waals surface area (Å²) in [4.78, 5) is 24.1. The predicted octanol–water partition coefficient (Wildman–Crippen LogP) is 3.22. The van der Waals surface area contributed by atoms with Crippen LogP contribution in [-0.4, -0.2) is 39.6 Å². The van der Waals surface area contributed by atoms with E-state index in [-0.39, 0.29) is 11.8 Å². The quantitative estimate of drug-likeness (QED) is 0.703. The fourth-order valence-corrected chi connectivity index (χ4v) is 4.65. The van der Waals surface area contributed by atoms with Crippen LogP contribution in [0.3, 0.4) is 0 Å². The van der Waals surface area contributed by atoms with E-state index >= 15 is 0 Å². The fourth-order valence-electron chi connectivity index (χ4n) is 3.79. The van der Waals surface area contributed by atoms with Crippen molar-refractivity contribution in [1.82, 2.24) is 14.9 Å². The molecule has 1 unspecified atom stereocenters. The lowest BCUT2D eigenvalue weighted by atomic mass is 9.94. The van der Waals surface area contributed by atoms with Crippen LogP contribution >= 0.6 is 11.3 Å². The van der Waals surface area contributed by atoms with Gasteiger partial charge in [-0.3, -0.25) is 14.7 Å². The number of piperidine rings is 1. The molecular weight excluding hydrogens is 358 g/mol. The van der Waals surface area contributed by atoms with Crippen molar-refractivity contribution in [3.8, 4) is 0 Å². The topological polar surface area (TPSA) is 61.7 Å². The molecular formula is C20H19N5OS. The van der Waals surface area contributed by atoms with E-state index in [4.69, 9.17) is 0 Å². The number of anilines is 1. The monoisotopic (exact) mass is 377 g/mol. The normalized spacial score (nSPS) is 20.2. The first-order valence-corrected chi connectivity index (χ1v) is 9.90. The van der Waals surface area contributed by atoms with Gasteiger partial charge in [0, 0.05) is 25.8 Å². The molecule has 3 aromatic rings. The summed E-state index contributed by atoms with van der Waals surface area (Å²) in [5.74, 6) is -0.00745. The first kappa shape index (κ1) is 16.5. The highest BCUT2D eigenvalue weighted by Gasteiger charge is 2.40. The molecule has 1 atom stereocenters. The molecule has 0 aliphatic carbocycles. The Bertz CT molecular complexity index is 1040. The van der Waals surface area contributed by atoms with E-state index in [9.17, 15) is 4.79 Å². The molecule has 7 heteroatoms. The zero-order valence-electron chi connectivity index (χ0n) is 15.0. The Morgan fingerprint density at radius 2 is 2.19 bits per heavy atom. The van der Waals surface area contributed by atoms with Crippen LogP contribution in [0, 0.1) is 12.8 Å². The average Bonchev–Trinajstić information content (AvgIpc) is 3.21. The molecule has 1 saturated heterocycles. The van der Waals surface area contributed by atoms with Crippen LogP contribution in [-0.2, 0) is 11.3 Å². The minimum atomic E-state index is -0.0936. The second kappa shape index (κ2) is 6.51. The molecule has 1 amide bonds. The van der Waals surface area contributed by atoms with E-state index in [1.165, 1.54) is 0 Å². The fraction of sp³-hybridized carbons (Fsp3) is 0.300. The van der Waals surface area contributed by atoms with Gasteiger partial charge in [0.25, 0.3) is 5.91 Å². The zero-order valence-corrected chi connectivity index (χ0v) is 15.8. The summed E-state index contributed by atoms with van der Waals surface area (Å²) in [5, 5.41) is 7.30. The van der Waals surface area contributed by atoms with Crippen molar-refractivity contribution in [3.05, 3.63) is 53.3 Å². The molecule has 4 heterocycles. The molecule has 2 aliphatic rings. The first-order chi connectivity index (χ1) is 13.2. The van der Waals surface area contributed by atoms with Gasteiger partial charge in [-0.25, -0.2) is 9.99 Å². The van der Waals surface area contributed by atoms with Crippen molar-refractivity contribution < 1.29 is 4.79 Å². The highest BCUT2D eigenvalue weighted by molar-refractivity contribution is 7.18. The Labute approximate surface area is 161 Å². The van der Waals surface area contributed by atoms with Gasteiger partial charge in [0.05, 0.1) is 38.2 Å². The first-order valence-electron chi connectivity index (χ1n) is 9.08. The third-order valence-electron chi connectivity index (χ3n) is 5.09. The molecule has 0 N–H and O–H groups in total. The smallest absolute Gasteiger partial charge is 0.256 e. The van der Waals surface area contributed by atoms with E-state index in [2.05, 4.69) is 20.0 Å². The van der Waals surface area contributed by atoms with E-state index < -0.39 is 0 Å². The van der Waals surface area contributed by atoms with Crippen LogP contribution in [0.25, 0.3) is 10.2 Å². The molecule has 6 nitrogen and oxygen atoms in total. The SMILES string of the molecule is Cc1nc2ccc(N3N=C4CN(Cc5ccccn5)CCC4C3=O)cc2s1. The van der Waals surface area contributed by atoms with E-state index in [1.54, 1.807) is 16.3 Å². The zero-order chi connectivity index (χ0) is 18.4. The second-order valence-corrected chi connectivity index (χ2v) is 8.23. The Morgan fingerprint density at radius 3 is 3.04 bits per heavy atom. The maximum atomic E-state index is 12.9. The number of benzene rings is 1. The molecule has 2 aliphatic heterocycles. The average molecular weight is 377 g/mol. The van der Waals surface area contributed by atoms with Crippen LogP contribution in [0.15, 0.2) is 47.7 Å². The van der Waals surface area contributed by atoms with E-state index in [0.29, 0.717) is 6.54 Å². The molecule has 136 valence electrons. The summed E-state index contributed by atoms with van der Waals surface area (Å²) in [6.07, 6.45) is 2.63. The summed E-state index contributed by atoms with van der Waals surface area (Å²) < 4.78 is 1.09. The number of aromatic nitrogens is 2. The third kappa shape index (κ3) is 3.02. The number of rotatable bonds is 3. The Kier molecular flexibility index (Phi) is 3.98. The molecule has 0 saturated carbocycles. The van der Waals surface area contributed by atoms with Crippen LogP contribution < -0.4 is 5.01 Å². The van der Waals surface area contributed by atoms with Gasteiger partial charge >= 0.3 is 0 Å². The molecule has 1 fully saturated rings. The summed E-state index contributed by atoms with van der Waals surface area (Å²) in [6.45, 7) is 4.38. The Hall–Kier alpha value is -2.64. The maximum absolute atomic E-state index is 12.9. The number of likely N-dealkylation sites (tertiary alicyclic amines) is 1. The maximum Gasteiger partial charge on any atom is 0.256 e. The molecule has 1 aromatic carbocycles. The van der Waals surface area contributed by atoms with Gasteiger partial charge in [0.2, 0.25) is 0 Å². The summed E-state index contributed by atoms with van der Waals surface area (Å²) in [7, 11) is 0. The lowest BCUT2D eigenvalue weighted by molar-refractivity contribution is -0.120. The lowest BCUT2D eigenvalue weighted by Crippen LogP contribution is -2.41. The van der Waals surface area contributed by atoms with Gasteiger partial charge in [0.1, 0.15) is 0 Å². The Balaban J connectivity index is 1.38. The minimum absolute atomic E-state index is 0.0862. The molecule has 5 rings (SSSR count). The lowest BCUT2D eigenvalue weighted by Gasteiger charge is -2.28. The van der Waals surface area contributed by atoms with Gasteiger partial charge < -0.3 is 0 Å². The molecule has 2 aromatic heterocycles. The molecule has 0 bridgehead atoms. The Morgan fingerprint density at radius 1 is 1.26 bits per heavy atom. The van der Waals surface area contributed by atoms with Crippen molar-refractivity contribution in [1.29, 1.82) is 0 Å². The number of hydrogen-bond acceptors (Lipinski definition) is 6. The van der Waals surface area contributed by atoms with Gasteiger partial charge in [0.15, 0.2) is 0 Å². The number of nitrogens with zero attached hydrogens (tertiary/aromatic N) is 5. The number of carbonyl (C=O) groups is 1. The highest BCUT2D eigenvalue weighted by atomic mass is 32.1. The van der Waals surface area contributed by atoms with E-state index in [1.807, 2.05) is 49.5 Å². The molecule has 0 spiro atoms. The second-order valence-electron chi connectivity index (χ2n) is 7.00. The van der Waals surface area contributed by atoms with Crippen LogP contribution in [0.2, 0.25) is 0 Å². The summed E-state index contributed by atoms with van der Waals surface area (Å²) in [5.41, 5.74) is 3.81. The van der Waals surface area contributed by atoms with E-state index in [0.717, 1.165) is 51.8 Å². The van der Waals surface area contributed by atoms with Crippen molar-refractivity contribution in [2.24, 2.45) is 11.0 Å². The van der Waals surface area contributed by atoms with Gasteiger partial charge in [-0.2, -0.15) is 5.10 Å².